The van der Waals surface area contributed by atoms with Crippen LogP contribution >= 0.6 is 0 Å². The van der Waals surface area contributed by atoms with Gasteiger partial charge in [0.15, 0.2) is 5.82 Å². The molecule has 1 saturated heterocycles. The zero-order valence-electron chi connectivity index (χ0n) is 10.9. The van der Waals surface area contributed by atoms with E-state index in [0.717, 1.165) is 43.1 Å². The number of anilines is 2. The minimum atomic E-state index is -0.0872. The molecule has 4 nitrogen and oxygen atoms in total. The van der Waals surface area contributed by atoms with E-state index in [9.17, 15) is 0 Å². The number of nitrogen functional groups attached to an aromatic ring is 1. The van der Waals surface area contributed by atoms with Crippen LogP contribution in [0.25, 0.3) is 0 Å². The summed E-state index contributed by atoms with van der Waals surface area (Å²) in [6, 6.07) is 3.87. The van der Waals surface area contributed by atoms with Crippen LogP contribution in [-0.4, -0.2) is 30.8 Å². The van der Waals surface area contributed by atoms with Gasteiger partial charge in [0.2, 0.25) is 0 Å². The van der Waals surface area contributed by atoms with Gasteiger partial charge in [0, 0.05) is 25.9 Å². The van der Waals surface area contributed by atoms with E-state index in [0.29, 0.717) is 0 Å². The highest BCUT2D eigenvalue weighted by atomic mass is 16.5. The molecule has 0 aromatic carbocycles. The van der Waals surface area contributed by atoms with Gasteiger partial charge >= 0.3 is 0 Å². The van der Waals surface area contributed by atoms with Gasteiger partial charge in [-0.1, -0.05) is 0 Å². The van der Waals surface area contributed by atoms with Crippen LogP contribution in [0, 0.1) is 6.92 Å². The van der Waals surface area contributed by atoms with E-state index in [2.05, 4.69) is 16.8 Å². The van der Waals surface area contributed by atoms with Crippen molar-refractivity contribution in [2.45, 2.75) is 32.3 Å². The van der Waals surface area contributed by atoms with Gasteiger partial charge in [0.05, 0.1) is 11.3 Å². The molecular weight excluding hydrogens is 214 g/mol. The molecule has 94 valence electrons. The molecule has 2 N–H and O–H groups in total. The lowest BCUT2D eigenvalue weighted by Crippen LogP contribution is -2.48. The van der Waals surface area contributed by atoms with Crippen molar-refractivity contribution in [1.82, 2.24) is 4.98 Å². The average Bonchev–Trinajstić information content (AvgIpc) is 2.32. The van der Waals surface area contributed by atoms with E-state index < -0.39 is 0 Å². The maximum Gasteiger partial charge on any atom is 0.152 e. The SMILES string of the molecule is COC1(C)CCCN(c2nc(C)ccc2N)C1. The summed E-state index contributed by atoms with van der Waals surface area (Å²) in [5, 5.41) is 0. The van der Waals surface area contributed by atoms with Gasteiger partial charge in [-0.25, -0.2) is 4.98 Å². The quantitative estimate of drug-likeness (QED) is 0.851. The molecule has 0 radical (unpaired) electrons. The predicted octanol–water partition coefficient (Wildman–Crippen LogP) is 1.98. The van der Waals surface area contributed by atoms with Crippen LogP contribution in [-0.2, 0) is 4.74 Å². The Morgan fingerprint density at radius 2 is 2.24 bits per heavy atom. The molecular formula is C13H21N3O. The predicted molar refractivity (Wildman–Crippen MR) is 70.2 cm³/mol. The lowest BCUT2D eigenvalue weighted by atomic mass is 9.94. The molecule has 0 bridgehead atoms. The Hall–Kier alpha value is -1.29. The lowest BCUT2D eigenvalue weighted by molar-refractivity contribution is -0.00478. The Morgan fingerprint density at radius 1 is 1.47 bits per heavy atom. The third-order valence-electron chi connectivity index (χ3n) is 3.50. The molecule has 1 aromatic rings. The smallest absolute Gasteiger partial charge is 0.152 e. The Labute approximate surface area is 103 Å². The molecule has 1 aromatic heterocycles. The van der Waals surface area contributed by atoms with Crippen LogP contribution in [0.3, 0.4) is 0 Å². The number of aromatic nitrogens is 1. The molecule has 0 amide bonds. The molecule has 1 atom stereocenters. The summed E-state index contributed by atoms with van der Waals surface area (Å²) in [5.41, 5.74) is 7.66. The number of rotatable bonds is 2. The van der Waals surface area contributed by atoms with E-state index in [1.807, 2.05) is 19.1 Å². The van der Waals surface area contributed by atoms with Crippen molar-refractivity contribution in [1.29, 1.82) is 0 Å². The van der Waals surface area contributed by atoms with Crippen LogP contribution in [0.4, 0.5) is 11.5 Å². The summed E-state index contributed by atoms with van der Waals surface area (Å²) in [6.45, 7) is 5.98. The summed E-state index contributed by atoms with van der Waals surface area (Å²) in [6.07, 6.45) is 2.20. The number of nitrogens with two attached hydrogens (primary N) is 1. The first-order valence-corrected chi connectivity index (χ1v) is 6.07. The Balaban J connectivity index is 2.24. The fourth-order valence-corrected chi connectivity index (χ4v) is 2.36. The molecule has 1 aliphatic heterocycles. The molecule has 0 spiro atoms. The van der Waals surface area contributed by atoms with E-state index in [4.69, 9.17) is 10.5 Å². The van der Waals surface area contributed by atoms with Crippen molar-refractivity contribution in [3.8, 4) is 0 Å². The number of methoxy groups -OCH3 is 1. The molecule has 2 rings (SSSR count). The van der Waals surface area contributed by atoms with Gasteiger partial charge in [0.25, 0.3) is 0 Å². The van der Waals surface area contributed by atoms with Crippen molar-refractivity contribution in [3.63, 3.8) is 0 Å². The fraction of sp³-hybridized carbons (Fsp3) is 0.615. The zero-order valence-corrected chi connectivity index (χ0v) is 10.9. The molecule has 1 unspecified atom stereocenters. The van der Waals surface area contributed by atoms with Crippen molar-refractivity contribution < 1.29 is 4.74 Å². The summed E-state index contributed by atoms with van der Waals surface area (Å²) in [4.78, 5) is 6.77. The number of hydrogen-bond donors (Lipinski definition) is 1. The van der Waals surface area contributed by atoms with Crippen LogP contribution in [0.2, 0.25) is 0 Å². The summed E-state index contributed by atoms with van der Waals surface area (Å²) < 4.78 is 5.59. The van der Waals surface area contributed by atoms with Crippen molar-refractivity contribution in [3.05, 3.63) is 17.8 Å². The van der Waals surface area contributed by atoms with Crippen molar-refractivity contribution in [2.75, 3.05) is 30.8 Å². The van der Waals surface area contributed by atoms with Crippen molar-refractivity contribution in [2.24, 2.45) is 0 Å². The van der Waals surface area contributed by atoms with E-state index >= 15 is 0 Å². The van der Waals surface area contributed by atoms with Crippen LogP contribution in [0.15, 0.2) is 12.1 Å². The topological polar surface area (TPSA) is 51.4 Å². The normalized spacial score (nSPS) is 25.0. The van der Waals surface area contributed by atoms with Crippen LogP contribution in [0.1, 0.15) is 25.5 Å². The summed E-state index contributed by atoms with van der Waals surface area (Å²) >= 11 is 0. The maximum atomic E-state index is 6.01. The van der Waals surface area contributed by atoms with E-state index in [1.54, 1.807) is 7.11 Å². The molecule has 17 heavy (non-hydrogen) atoms. The number of aryl methyl sites for hydroxylation is 1. The first kappa shape index (κ1) is 12.2. The third kappa shape index (κ3) is 2.52. The van der Waals surface area contributed by atoms with Gasteiger partial charge < -0.3 is 15.4 Å². The molecule has 1 fully saturated rings. The highest BCUT2D eigenvalue weighted by Gasteiger charge is 2.31. The Morgan fingerprint density at radius 3 is 2.94 bits per heavy atom. The van der Waals surface area contributed by atoms with E-state index in [-0.39, 0.29) is 5.60 Å². The summed E-state index contributed by atoms with van der Waals surface area (Å²) in [5.74, 6) is 0.896. The fourth-order valence-electron chi connectivity index (χ4n) is 2.36. The Bertz CT molecular complexity index is 408. The second-order valence-electron chi connectivity index (χ2n) is 5.04. The zero-order chi connectivity index (χ0) is 12.5. The second kappa shape index (κ2) is 4.53. The highest BCUT2D eigenvalue weighted by Crippen LogP contribution is 2.29. The van der Waals surface area contributed by atoms with E-state index in [1.165, 1.54) is 0 Å². The molecule has 2 heterocycles. The maximum absolute atomic E-state index is 6.01. The average molecular weight is 235 g/mol. The van der Waals surface area contributed by atoms with Crippen molar-refractivity contribution >= 4 is 11.5 Å². The highest BCUT2D eigenvalue weighted by molar-refractivity contribution is 5.63. The number of nitrogens with zero attached hydrogens (tertiary/aromatic N) is 2. The van der Waals surface area contributed by atoms with Gasteiger partial charge in [-0.05, 0) is 38.8 Å². The second-order valence-corrected chi connectivity index (χ2v) is 5.04. The standard InChI is InChI=1S/C13H21N3O/c1-10-5-6-11(14)12(15-10)16-8-4-7-13(2,9-16)17-3/h5-6H,4,7-9,14H2,1-3H3. The minimum Gasteiger partial charge on any atom is -0.396 e. The number of piperidine rings is 1. The molecule has 4 heteroatoms. The molecule has 0 aliphatic carbocycles. The lowest BCUT2D eigenvalue weighted by Gasteiger charge is -2.40. The van der Waals surface area contributed by atoms with Gasteiger partial charge in [-0.3, -0.25) is 0 Å². The largest absolute Gasteiger partial charge is 0.396 e. The Kier molecular flexibility index (Phi) is 3.24. The third-order valence-corrected chi connectivity index (χ3v) is 3.50. The van der Waals surface area contributed by atoms with Gasteiger partial charge in [-0.2, -0.15) is 0 Å². The van der Waals surface area contributed by atoms with Crippen LogP contribution in [0.5, 0.6) is 0 Å². The molecule has 0 saturated carbocycles. The molecule has 1 aliphatic rings. The van der Waals surface area contributed by atoms with Crippen LogP contribution < -0.4 is 10.6 Å². The van der Waals surface area contributed by atoms with Gasteiger partial charge in [0.1, 0.15) is 0 Å². The first-order valence-electron chi connectivity index (χ1n) is 6.07. The first-order chi connectivity index (χ1) is 8.04. The number of ether oxygens (including phenoxy) is 1. The number of pyridine rings is 1. The van der Waals surface area contributed by atoms with Gasteiger partial charge in [-0.15, -0.1) is 0 Å². The number of hydrogen-bond acceptors (Lipinski definition) is 4. The summed E-state index contributed by atoms with van der Waals surface area (Å²) in [7, 11) is 1.77. The monoisotopic (exact) mass is 235 g/mol. The minimum absolute atomic E-state index is 0.0872.